The van der Waals surface area contributed by atoms with Crippen LogP contribution in [0.25, 0.3) is 0 Å². The fourth-order valence-corrected chi connectivity index (χ4v) is 1.68. The van der Waals surface area contributed by atoms with Gasteiger partial charge in [-0.15, -0.1) is 0 Å². The second kappa shape index (κ2) is 6.72. The number of carboxylic acids is 1. The predicted molar refractivity (Wildman–Crippen MR) is 68.1 cm³/mol. The van der Waals surface area contributed by atoms with Crippen LogP contribution >= 0.6 is 11.6 Å². The van der Waals surface area contributed by atoms with Gasteiger partial charge < -0.3 is 14.7 Å². The van der Waals surface area contributed by atoms with E-state index in [1.165, 1.54) is 7.11 Å². The van der Waals surface area contributed by atoms with Gasteiger partial charge in [0, 0.05) is 11.6 Å². The van der Waals surface area contributed by atoms with Crippen LogP contribution in [0.1, 0.15) is 6.42 Å². The molecule has 18 heavy (non-hydrogen) atoms. The van der Waals surface area contributed by atoms with Gasteiger partial charge >= 0.3 is 5.97 Å². The molecule has 0 saturated heterocycles. The quantitative estimate of drug-likeness (QED) is 0.800. The fraction of sp³-hybridized carbons (Fsp3) is 0.333. The van der Waals surface area contributed by atoms with Crippen molar-refractivity contribution in [3.05, 3.63) is 23.2 Å². The maximum atomic E-state index is 10.6. The molecule has 1 N–H and O–H groups in total. The van der Waals surface area contributed by atoms with Gasteiger partial charge in [0.15, 0.2) is 0 Å². The molecule has 1 aromatic rings. The number of rotatable bonds is 6. The lowest BCUT2D eigenvalue weighted by Gasteiger charge is -2.23. The first kappa shape index (κ1) is 14.1. The third-order valence-electron chi connectivity index (χ3n) is 2.34. The predicted octanol–water partition coefficient (Wildman–Crippen LogP) is 2.15. The normalized spacial score (nSPS) is 9.61. The summed E-state index contributed by atoms with van der Waals surface area (Å²) in [6, 6.07) is 7.00. The SMILES string of the molecule is COc1ccc(Cl)cc1N(CC#N)CCC(=O)O. The minimum absolute atomic E-state index is 0.0582. The van der Waals surface area contributed by atoms with Gasteiger partial charge in [0.05, 0.1) is 25.3 Å². The van der Waals surface area contributed by atoms with E-state index in [4.69, 9.17) is 26.7 Å². The second-order valence-corrected chi connectivity index (χ2v) is 3.98. The van der Waals surface area contributed by atoms with E-state index in [1.807, 2.05) is 6.07 Å². The molecular formula is C12H13ClN2O3. The smallest absolute Gasteiger partial charge is 0.305 e. The first-order valence-corrected chi connectivity index (χ1v) is 5.63. The van der Waals surface area contributed by atoms with Gasteiger partial charge in [-0.05, 0) is 18.2 Å². The molecule has 0 aliphatic heterocycles. The summed E-state index contributed by atoms with van der Waals surface area (Å²) in [5.74, 6) is -0.362. The van der Waals surface area contributed by atoms with E-state index in [2.05, 4.69) is 0 Å². The Morgan fingerprint density at radius 1 is 1.61 bits per heavy atom. The summed E-state index contributed by atoms with van der Waals surface area (Å²) >= 11 is 5.90. The summed E-state index contributed by atoms with van der Waals surface area (Å²) in [6.07, 6.45) is -0.0582. The van der Waals surface area contributed by atoms with Crippen LogP contribution in [0.15, 0.2) is 18.2 Å². The minimum Gasteiger partial charge on any atom is -0.495 e. The van der Waals surface area contributed by atoms with Gasteiger partial charge in [0.25, 0.3) is 0 Å². The monoisotopic (exact) mass is 268 g/mol. The van der Waals surface area contributed by atoms with E-state index < -0.39 is 5.97 Å². The van der Waals surface area contributed by atoms with Crippen molar-refractivity contribution in [1.29, 1.82) is 5.26 Å². The van der Waals surface area contributed by atoms with Crippen LogP contribution in [-0.2, 0) is 4.79 Å². The Balaban J connectivity index is 3.00. The lowest BCUT2D eigenvalue weighted by Crippen LogP contribution is -2.26. The summed E-state index contributed by atoms with van der Waals surface area (Å²) in [7, 11) is 1.51. The number of methoxy groups -OCH3 is 1. The highest BCUT2D eigenvalue weighted by molar-refractivity contribution is 6.30. The molecule has 0 fully saturated rings. The highest BCUT2D eigenvalue weighted by Crippen LogP contribution is 2.31. The van der Waals surface area contributed by atoms with Crippen molar-refractivity contribution in [1.82, 2.24) is 0 Å². The molecule has 0 amide bonds. The first-order chi connectivity index (χ1) is 8.58. The number of hydrogen-bond donors (Lipinski definition) is 1. The lowest BCUT2D eigenvalue weighted by atomic mass is 10.2. The molecule has 0 aromatic heterocycles. The van der Waals surface area contributed by atoms with Crippen molar-refractivity contribution in [2.45, 2.75) is 6.42 Å². The highest BCUT2D eigenvalue weighted by Gasteiger charge is 2.13. The van der Waals surface area contributed by atoms with Gasteiger partial charge in [-0.25, -0.2) is 0 Å². The van der Waals surface area contributed by atoms with Crippen LogP contribution in [-0.4, -0.2) is 31.3 Å². The van der Waals surface area contributed by atoms with E-state index in [0.717, 1.165) is 0 Å². The van der Waals surface area contributed by atoms with Gasteiger partial charge in [0.2, 0.25) is 0 Å². The van der Waals surface area contributed by atoms with Crippen molar-refractivity contribution in [2.75, 3.05) is 25.1 Å². The van der Waals surface area contributed by atoms with Crippen molar-refractivity contribution >= 4 is 23.3 Å². The molecule has 96 valence electrons. The van der Waals surface area contributed by atoms with Gasteiger partial charge in [-0.2, -0.15) is 5.26 Å². The Hall–Kier alpha value is -1.93. The maximum Gasteiger partial charge on any atom is 0.305 e. The molecule has 6 heteroatoms. The Labute approximate surface area is 110 Å². The van der Waals surface area contributed by atoms with Crippen molar-refractivity contribution < 1.29 is 14.6 Å². The number of nitrogens with zero attached hydrogens (tertiary/aromatic N) is 2. The summed E-state index contributed by atoms with van der Waals surface area (Å²) in [6.45, 7) is 0.295. The molecular weight excluding hydrogens is 256 g/mol. The summed E-state index contributed by atoms with van der Waals surface area (Å²) in [5.41, 5.74) is 0.618. The summed E-state index contributed by atoms with van der Waals surface area (Å²) in [4.78, 5) is 12.2. The number of hydrogen-bond acceptors (Lipinski definition) is 4. The van der Waals surface area contributed by atoms with E-state index >= 15 is 0 Å². The van der Waals surface area contributed by atoms with E-state index in [0.29, 0.717) is 16.5 Å². The van der Waals surface area contributed by atoms with Crippen LogP contribution < -0.4 is 9.64 Å². The number of carboxylic acid groups (broad SMARTS) is 1. The van der Waals surface area contributed by atoms with Crippen LogP contribution in [0.5, 0.6) is 5.75 Å². The summed E-state index contributed by atoms with van der Waals surface area (Å²) < 4.78 is 5.18. The molecule has 0 heterocycles. The molecule has 5 nitrogen and oxygen atoms in total. The van der Waals surface area contributed by atoms with Crippen LogP contribution in [0.2, 0.25) is 5.02 Å². The zero-order valence-corrected chi connectivity index (χ0v) is 10.6. The highest BCUT2D eigenvalue weighted by atomic mass is 35.5. The molecule has 0 aliphatic rings. The standard InChI is InChI=1S/C12H13ClN2O3/c1-18-11-3-2-9(13)8-10(11)15(7-5-14)6-4-12(16)17/h2-3,8H,4,6-7H2,1H3,(H,16,17). The van der Waals surface area contributed by atoms with Crippen LogP contribution in [0.3, 0.4) is 0 Å². The summed E-state index contributed by atoms with van der Waals surface area (Å²) in [5, 5.41) is 18.0. The van der Waals surface area contributed by atoms with E-state index in [1.54, 1.807) is 23.1 Å². The maximum absolute atomic E-state index is 10.6. The van der Waals surface area contributed by atoms with Crippen molar-refractivity contribution in [3.63, 3.8) is 0 Å². The van der Waals surface area contributed by atoms with Crippen LogP contribution in [0, 0.1) is 11.3 Å². The number of anilines is 1. The van der Waals surface area contributed by atoms with Gasteiger partial charge in [-0.3, -0.25) is 4.79 Å². The third kappa shape index (κ3) is 3.82. The van der Waals surface area contributed by atoms with Crippen LogP contribution in [0.4, 0.5) is 5.69 Å². The number of carbonyl (C=O) groups is 1. The average molecular weight is 269 g/mol. The van der Waals surface area contributed by atoms with Gasteiger partial charge in [-0.1, -0.05) is 11.6 Å². The molecule has 0 aliphatic carbocycles. The second-order valence-electron chi connectivity index (χ2n) is 3.54. The molecule has 0 spiro atoms. The first-order valence-electron chi connectivity index (χ1n) is 5.25. The van der Waals surface area contributed by atoms with Crippen molar-refractivity contribution in [2.24, 2.45) is 0 Å². The van der Waals surface area contributed by atoms with Crippen molar-refractivity contribution in [3.8, 4) is 11.8 Å². The molecule has 0 unspecified atom stereocenters. The zero-order chi connectivity index (χ0) is 13.5. The molecule has 0 bridgehead atoms. The number of benzene rings is 1. The van der Waals surface area contributed by atoms with Gasteiger partial charge in [0.1, 0.15) is 12.3 Å². The number of nitriles is 1. The molecule has 1 aromatic carbocycles. The number of ether oxygens (including phenoxy) is 1. The van der Waals surface area contributed by atoms with E-state index in [-0.39, 0.29) is 19.5 Å². The zero-order valence-electron chi connectivity index (χ0n) is 9.89. The largest absolute Gasteiger partial charge is 0.495 e. The minimum atomic E-state index is -0.918. The molecule has 0 saturated carbocycles. The third-order valence-corrected chi connectivity index (χ3v) is 2.57. The Morgan fingerprint density at radius 2 is 2.33 bits per heavy atom. The Bertz CT molecular complexity index is 471. The Kier molecular flexibility index (Phi) is 5.28. The topological polar surface area (TPSA) is 73.6 Å². The molecule has 0 radical (unpaired) electrons. The number of halogens is 1. The Morgan fingerprint density at radius 3 is 2.89 bits per heavy atom. The fourth-order valence-electron chi connectivity index (χ4n) is 1.51. The molecule has 1 rings (SSSR count). The average Bonchev–Trinajstić information content (AvgIpc) is 2.34. The lowest BCUT2D eigenvalue weighted by molar-refractivity contribution is -0.136. The number of aliphatic carboxylic acids is 1. The molecule has 0 atom stereocenters. The van der Waals surface area contributed by atoms with E-state index in [9.17, 15) is 4.79 Å².